The van der Waals surface area contributed by atoms with Gasteiger partial charge in [0.05, 0.1) is 16.4 Å². The predicted octanol–water partition coefficient (Wildman–Crippen LogP) is 4.48. The second-order valence-electron chi connectivity index (χ2n) is 8.41. The van der Waals surface area contributed by atoms with Crippen LogP contribution in [0.4, 0.5) is 0 Å². The molecule has 3 nitrogen and oxygen atoms in total. The summed E-state index contributed by atoms with van der Waals surface area (Å²) >= 11 is 3.70. The molecule has 1 aliphatic rings. The second kappa shape index (κ2) is 6.04. The minimum absolute atomic E-state index is 0.182. The molecule has 1 aliphatic carbocycles. The average Bonchev–Trinajstić information content (AvgIpc) is 2.65. The fraction of sp³-hybridized carbons (Fsp3) is 0.824. The Labute approximate surface area is 138 Å². The molecule has 0 aromatic carbocycles. The van der Waals surface area contributed by atoms with E-state index in [9.17, 15) is 0 Å². The van der Waals surface area contributed by atoms with Gasteiger partial charge in [-0.1, -0.05) is 13.8 Å². The van der Waals surface area contributed by atoms with Crippen LogP contribution in [0.3, 0.4) is 0 Å². The molecule has 1 aromatic heterocycles. The van der Waals surface area contributed by atoms with Gasteiger partial charge in [0.25, 0.3) is 0 Å². The molecule has 0 aliphatic heterocycles. The van der Waals surface area contributed by atoms with Crippen LogP contribution in [0.25, 0.3) is 0 Å². The van der Waals surface area contributed by atoms with E-state index < -0.39 is 0 Å². The molecule has 1 N–H and O–H groups in total. The highest BCUT2D eigenvalue weighted by Gasteiger charge is 2.38. The van der Waals surface area contributed by atoms with Crippen molar-refractivity contribution >= 4 is 15.9 Å². The van der Waals surface area contributed by atoms with E-state index in [4.69, 9.17) is 0 Å². The van der Waals surface area contributed by atoms with E-state index in [2.05, 4.69) is 72.7 Å². The molecule has 1 heterocycles. The summed E-state index contributed by atoms with van der Waals surface area (Å²) in [6, 6.07) is 0. The second-order valence-corrected chi connectivity index (χ2v) is 9.26. The Morgan fingerprint density at radius 2 is 2.10 bits per heavy atom. The van der Waals surface area contributed by atoms with E-state index in [0.717, 1.165) is 11.0 Å². The van der Waals surface area contributed by atoms with Gasteiger partial charge in [-0.2, -0.15) is 5.10 Å². The molecule has 0 radical (unpaired) electrons. The Bertz CT molecular complexity index is 465. The van der Waals surface area contributed by atoms with Gasteiger partial charge >= 0.3 is 0 Å². The molecule has 4 heteroatoms. The van der Waals surface area contributed by atoms with Crippen molar-refractivity contribution in [3.05, 3.63) is 16.4 Å². The molecule has 0 amide bonds. The Hall–Kier alpha value is -0.350. The highest BCUT2D eigenvalue weighted by molar-refractivity contribution is 9.10. The summed E-state index contributed by atoms with van der Waals surface area (Å²) in [5.41, 5.74) is 1.97. The maximum atomic E-state index is 4.43. The van der Waals surface area contributed by atoms with E-state index in [-0.39, 0.29) is 5.54 Å². The van der Waals surface area contributed by atoms with Crippen LogP contribution in [-0.2, 0) is 7.05 Å². The molecule has 2 unspecified atom stereocenters. The third kappa shape index (κ3) is 4.32. The quantitative estimate of drug-likeness (QED) is 0.865. The third-order valence-corrected chi connectivity index (χ3v) is 5.33. The number of rotatable bonds is 3. The third-order valence-electron chi connectivity index (χ3n) is 4.72. The van der Waals surface area contributed by atoms with Crippen LogP contribution in [0, 0.1) is 11.3 Å². The Morgan fingerprint density at radius 1 is 1.43 bits per heavy atom. The summed E-state index contributed by atoms with van der Waals surface area (Å²) in [4.78, 5) is 0. The smallest absolute Gasteiger partial charge is 0.0635 e. The van der Waals surface area contributed by atoms with Crippen molar-refractivity contribution in [2.24, 2.45) is 18.4 Å². The van der Waals surface area contributed by atoms with Crippen LogP contribution >= 0.6 is 15.9 Å². The first-order chi connectivity index (χ1) is 9.59. The van der Waals surface area contributed by atoms with Gasteiger partial charge in [-0.05, 0) is 73.8 Å². The largest absolute Gasteiger partial charge is 0.312 e. The van der Waals surface area contributed by atoms with Gasteiger partial charge in [0.2, 0.25) is 0 Å². The SMILES string of the molecule is Cn1ncc(Br)c1C1CC(C)(C)CCC1CNC(C)(C)C. The van der Waals surface area contributed by atoms with Gasteiger partial charge in [-0.25, -0.2) is 0 Å². The topological polar surface area (TPSA) is 29.9 Å². The minimum atomic E-state index is 0.182. The molecular formula is C17H30BrN3. The van der Waals surface area contributed by atoms with Crippen LogP contribution in [-0.4, -0.2) is 21.9 Å². The maximum absolute atomic E-state index is 4.43. The average molecular weight is 356 g/mol. The van der Waals surface area contributed by atoms with Crippen LogP contribution in [0.1, 0.15) is 65.5 Å². The number of nitrogens with one attached hydrogen (secondary N) is 1. The fourth-order valence-electron chi connectivity index (χ4n) is 3.48. The first-order valence-electron chi connectivity index (χ1n) is 8.01. The Kier molecular flexibility index (Phi) is 4.89. The lowest BCUT2D eigenvalue weighted by Crippen LogP contribution is -2.42. The van der Waals surface area contributed by atoms with Crippen molar-refractivity contribution in [1.29, 1.82) is 0 Å². The fourth-order valence-corrected chi connectivity index (χ4v) is 4.12. The zero-order valence-electron chi connectivity index (χ0n) is 14.3. The zero-order valence-corrected chi connectivity index (χ0v) is 15.9. The molecular weight excluding hydrogens is 326 g/mol. The van der Waals surface area contributed by atoms with Crippen molar-refractivity contribution in [3.8, 4) is 0 Å². The lowest BCUT2D eigenvalue weighted by atomic mass is 9.66. The van der Waals surface area contributed by atoms with Crippen LogP contribution in [0.15, 0.2) is 10.7 Å². The van der Waals surface area contributed by atoms with E-state index in [1.54, 1.807) is 0 Å². The molecule has 1 fully saturated rings. The molecule has 0 saturated heterocycles. The Morgan fingerprint density at radius 3 is 2.62 bits per heavy atom. The molecule has 1 saturated carbocycles. The van der Waals surface area contributed by atoms with E-state index in [1.807, 2.05) is 6.20 Å². The van der Waals surface area contributed by atoms with Crippen LogP contribution in [0.2, 0.25) is 0 Å². The highest BCUT2D eigenvalue weighted by atomic mass is 79.9. The monoisotopic (exact) mass is 355 g/mol. The molecule has 120 valence electrons. The highest BCUT2D eigenvalue weighted by Crippen LogP contribution is 2.47. The predicted molar refractivity (Wildman–Crippen MR) is 92.5 cm³/mol. The number of hydrogen-bond donors (Lipinski definition) is 1. The van der Waals surface area contributed by atoms with Crippen molar-refractivity contribution < 1.29 is 0 Å². The number of hydrogen-bond acceptors (Lipinski definition) is 2. The van der Waals surface area contributed by atoms with Crippen LogP contribution in [0.5, 0.6) is 0 Å². The number of nitrogens with zero attached hydrogens (tertiary/aromatic N) is 2. The van der Waals surface area contributed by atoms with Crippen molar-refractivity contribution in [2.75, 3.05) is 6.54 Å². The van der Waals surface area contributed by atoms with Gasteiger partial charge in [0.15, 0.2) is 0 Å². The lowest BCUT2D eigenvalue weighted by molar-refractivity contribution is 0.149. The first-order valence-corrected chi connectivity index (χ1v) is 8.81. The molecule has 0 spiro atoms. The van der Waals surface area contributed by atoms with Crippen molar-refractivity contribution in [3.63, 3.8) is 0 Å². The van der Waals surface area contributed by atoms with E-state index in [0.29, 0.717) is 17.3 Å². The van der Waals surface area contributed by atoms with E-state index >= 15 is 0 Å². The summed E-state index contributed by atoms with van der Waals surface area (Å²) in [6.07, 6.45) is 5.78. The number of aryl methyl sites for hydroxylation is 1. The van der Waals surface area contributed by atoms with E-state index in [1.165, 1.54) is 25.0 Å². The maximum Gasteiger partial charge on any atom is 0.0635 e. The summed E-state index contributed by atoms with van der Waals surface area (Å²) in [5, 5.41) is 8.14. The van der Waals surface area contributed by atoms with Crippen molar-refractivity contribution in [1.82, 2.24) is 15.1 Å². The molecule has 0 bridgehead atoms. The Balaban J connectivity index is 2.22. The molecule has 21 heavy (non-hydrogen) atoms. The number of aromatic nitrogens is 2. The zero-order chi connectivity index (χ0) is 15.8. The lowest BCUT2D eigenvalue weighted by Gasteiger charge is -2.42. The summed E-state index contributed by atoms with van der Waals surface area (Å²) in [7, 11) is 2.07. The standard InChI is InChI=1S/C17H30BrN3/c1-16(2,3)19-10-12-7-8-17(4,5)9-13(12)15-14(18)11-20-21(15)6/h11-13,19H,7-10H2,1-6H3. The van der Waals surface area contributed by atoms with Gasteiger partial charge in [-0.15, -0.1) is 0 Å². The van der Waals surface area contributed by atoms with Gasteiger partial charge in [-0.3, -0.25) is 4.68 Å². The van der Waals surface area contributed by atoms with Crippen molar-refractivity contribution in [2.45, 2.75) is 65.3 Å². The summed E-state index contributed by atoms with van der Waals surface area (Å²) in [5.74, 6) is 1.26. The van der Waals surface area contributed by atoms with Gasteiger partial charge in [0, 0.05) is 18.5 Å². The van der Waals surface area contributed by atoms with Crippen LogP contribution < -0.4 is 5.32 Å². The number of halogens is 1. The van der Waals surface area contributed by atoms with Gasteiger partial charge < -0.3 is 5.32 Å². The normalized spacial score (nSPS) is 26.0. The minimum Gasteiger partial charge on any atom is -0.312 e. The molecule has 2 rings (SSSR count). The summed E-state index contributed by atoms with van der Waals surface area (Å²) < 4.78 is 3.22. The summed E-state index contributed by atoms with van der Waals surface area (Å²) in [6.45, 7) is 12.6. The molecule has 2 atom stereocenters. The first kappa shape index (κ1) is 17.0. The van der Waals surface area contributed by atoms with Gasteiger partial charge in [0.1, 0.15) is 0 Å². The molecule has 1 aromatic rings.